The summed E-state index contributed by atoms with van der Waals surface area (Å²) in [5, 5.41) is 13.0. The molecule has 1 aliphatic rings. The summed E-state index contributed by atoms with van der Waals surface area (Å²) < 4.78 is 0.792. The first-order valence-corrected chi connectivity index (χ1v) is 7.31. The molecule has 0 amide bonds. The molecule has 0 spiro atoms. The Hall–Kier alpha value is -0.710. The lowest BCUT2D eigenvalue weighted by molar-refractivity contribution is 0.218. The molecule has 1 unspecified atom stereocenters. The van der Waals surface area contributed by atoms with Crippen molar-refractivity contribution in [2.75, 3.05) is 0 Å². The summed E-state index contributed by atoms with van der Waals surface area (Å²) in [7, 11) is 0. The van der Waals surface area contributed by atoms with Gasteiger partial charge in [0.25, 0.3) is 0 Å². The predicted octanol–water partition coefficient (Wildman–Crippen LogP) is 3.86. The van der Waals surface area contributed by atoms with Crippen LogP contribution in [0, 0.1) is 0 Å². The van der Waals surface area contributed by atoms with Gasteiger partial charge in [-0.1, -0.05) is 24.3 Å². The maximum atomic E-state index is 10.4. The van der Waals surface area contributed by atoms with Crippen LogP contribution in [-0.4, -0.2) is 10.1 Å². The van der Waals surface area contributed by atoms with Gasteiger partial charge in [0.05, 0.1) is 0 Å². The van der Waals surface area contributed by atoms with E-state index >= 15 is 0 Å². The van der Waals surface area contributed by atoms with Gasteiger partial charge in [-0.25, -0.2) is 4.98 Å². The minimum Gasteiger partial charge on any atom is -0.381 e. The molecule has 1 fully saturated rings. The molecule has 1 atom stereocenters. The Morgan fingerprint density at radius 2 is 2.12 bits per heavy atom. The molecule has 1 saturated carbocycles. The zero-order valence-corrected chi connectivity index (χ0v) is 11.5. The van der Waals surface area contributed by atoms with E-state index < -0.39 is 6.10 Å². The number of aromatic nitrogens is 1. The highest BCUT2D eigenvalue weighted by Crippen LogP contribution is 2.44. The number of aliphatic hydroxyl groups is 1. The van der Waals surface area contributed by atoms with Crippen LogP contribution in [0.5, 0.6) is 0 Å². The molecular weight excluding hydrogens is 298 g/mol. The van der Waals surface area contributed by atoms with Crippen LogP contribution < -0.4 is 0 Å². The predicted molar refractivity (Wildman–Crippen MR) is 72.3 cm³/mol. The average molecular weight is 310 g/mol. The number of hydrogen-bond donors (Lipinski definition) is 1. The Balaban J connectivity index is 1.98. The third kappa shape index (κ3) is 2.30. The number of rotatable bonds is 3. The summed E-state index contributed by atoms with van der Waals surface area (Å²) in [5.41, 5.74) is 2.29. The SMILES string of the molecule is OC(c1nc(Br)cs1)c1ccccc1C1CC1. The molecule has 0 aliphatic heterocycles. The molecule has 1 N–H and O–H groups in total. The van der Waals surface area contributed by atoms with E-state index in [-0.39, 0.29) is 0 Å². The summed E-state index contributed by atoms with van der Waals surface area (Å²) in [6.45, 7) is 0. The van der Waals surface area contributed by atoms with Gasteiger partial charge < -0.3 is 5.11 Å². The van der Waals surface area contributed by atoms with E-state index in [0.717, 1.165) is 15.2 Å². The van der Waals surface area contributed by atoms with E-state index in [4.69, 9.17) is 0 Å². The van der Waals surface area contributed by atoms with E-state index in [1.54, 1.807) is 0 Å². The van der Waals surface area contributed by atoms with Gasteiger partial charge in [0.2, 0.25) is 0 Å². The van der Waals surface area contributed by atoms with E-state index in [2.05, 4.69) is 27.0 Å². The number of thiazole rings is 1. The molecule has 1 aliphatic carbocycles. The average Bonchev–Trinajstić information content (AvgIpc) is 3.11. The highest BCUT2D eigenvalue weighted by molar-refractivity contribution is 9.10. The summed E-state index contributed by atoms with van der Waals surface area (Å²) in [5.74, 6) is 0.643. The van der Waals surface area contributed by atoms with Crippen molar-refractivity contribution in [3.63, 3.8) is 0 Å². The van der Waals surface area contributed by atoms with Crippen molar-refractivity contribution in [1.82, 2.24) is 4.98 Å². The van der Waals surface area contributed by atoms with Crippen LogP contribution in [0.1, 0.15) is 41.0 Å². The highest BCUT2D eigenvalue weighted by Gasteiger charge is 2.28. The maximum absolute atomic E-state index is 10.4. The van der Waals surface area contributed by atoms with Gasteiger partial charge in [0.1, 0.15) is 15.7 Å². The highest BCUT2D eigenvalue weighted by atomic mass is 79.9. The van der Waals surface area contributed by atoms with Crippen LogP contribution in [0.25, 0.3) is 0 Å². The first-order valence-electron chi connectivity index (χ1n) is 5.63. The molecule has 2 nitrogen and oxygen atoms in total. The molecule has 1 aromatic carbocycles. The first-order chi connectivity index (χ1) is 8.25. The van der Waals surface area contributed by atoms with Gasteiger partial charge in [-0.15, -0.1) is 11.3 Å². The van der Waals surface area contributed by atoms with Crippen molar-refractivity contribution in [2.45, 2.75) is 24.9 Å². The quantitative estimate of drug-likeness (QED) is 0.933. The third-order valence-corrected chi connectivity index (χ3v) is 4.64. The fourth-order valence-corrected chi connectivity index (χ4v) is 3.32. The van der Waals surface area contributed by atoms with Crippen molar-refractivity contribution < 1.29 is 5.11 Å². The molecule has 4 heteroatoms. The molecular formula is C13H12BrNOS. The summed E-state index contributed by atoms with van der Waals surface area (Å²) in [6.07, 6.45) is 1.89. The lowest BCUT2D eigenvalue weighted by Gasteiger charge is -2.13. The zero-order valence-electron chi connectivity index (χ0n) is 9.14. The van der Waals surface area contributed by atoms with Gasteiger partial charge >= 0.3 is 0 Å². The van der Waals surface area contributed by atoms with Gasteiger partial charge in [-0.2, -0.15) is 0 Å². The van der Waals surface area contributed by atoms with Gasteiger partial charge in [-0.3, -0.25) is 0 Å². The first kappa shape index (κ1) is 11.4. The number of aliphatic hydroxyl groups excluding tert-OH is 1. The Morgan fingerprint density at radius 3 is 2.76 bits per heavy atom. The van der Waals surface area contributed by atoms with E-state index in [1.165, 1.54) is 29.7 Å². The second kappa shape index (κ2) is 4.52. The van der Waals surface area contributed by atoms with Gasteiger partial charge in [-0.05, 0) is 45.8 Å². The Kier molecular flexibility index (Phi) is 3.03. The van der Waals surface area contributed by atoms with Crippen molar-refractivity contribution >= 4 is 27.3 Å². The van der Waals surface area contributed by atoms with Crippen molar-refractivity contribution in [3.8, 4) is 0 Å². The number of benzene rings is 1. The van der Waals surface area contributed by atoms with Crippen LogP contribution in [0.3, 0.4) is 0 Å². The number of halogens is 1. The topological polar surface area (TPSA) is 33.1 Å². The fourth-order valence-electron chi connectivity index (χ4n) is 2.05. The minimum atomic E-state index is -0.594. The van der Waals surface area contributed by atoms with Crippen molar-refractivity contribution in [3.05, 3.63) is 50.4 Å². The lowest BCUT2D eigenvalue weighted by atomic mass is 9.99. The van der Waals surface area contributed by atoms with Crippen LogP contribution in [-0.2, 0) is 0 Å². The molecule has 88 valence electrons. The van der Waals surface area contributed by atoms with Crippen LogP contribution in [0.4, 0.5) is 0 Å². The third-order valence-electron chi connectivity index (χ3n) is 3.04. The van der Waals surface area contributed by atoms with Crippen molar-refractivity contribution in [1.29, 1.82) is 0 Å². The molecule has 0 bridgehead atoms. The summed E-state index contributed by atoms with van der Waals surface area (Å²) >= 11 is 4.81. The number of nitrogens with zero attached hydrogens (tertiary/aromatic N) is 1. The Bertz CT molecular complexity index is 536. The van der Waals surface area contributed by atoms with E-state index in [1.807, 2.05) is 23.6 Å². The molecule has 1 aromatic heterocycles. The maximum Gasteiger partial charge on any atom is 0.131 e. The minimum absolute atomic E-state index is 0.594. The zero-order chi connectivity index (χ0) is 11.8. The Labute approximate surface area is 112 Å². The number of hydrogen-bond acceptors (Lipinski definition) is 3. The van der Waals surface area contributed by atoms with E-state index in [0.29, 0.717) is 5.92 Å². The summed E-state index contributed by atoms with van der Waals surface area (Å²) in [6, 6.07) is 8.15. The van der Waals surface area contributed by atoms with Gasteiger partial charge in [0, 0.05) is 5.38 Å². The molecule has 0 radical (unpaired) electrons. The fraction of sp³-hybridized carbons (Fsp3) is 0.308. The summed E-state index contributed by atoms with van der Waals surface area (Å²) in [4.78, 5) is 4.29. The van der Waals surface area contributed by atoms with Crippen LogP contribution in [0.2, 0.25) is 0 Å². The van der Waals surface area contributed by atoms with Crippen molar-refractivity contribution in [2.24, 2.45) is 0 Å². The second-order valence-electron chi connectivity index (χ2n) is 4.31. The largest absolute Gasteiger partial charge is 0.381 e. The van der Waals surface area contributed by atoms with E-state index in [9.17, 15) is 5.11 Å². The normalized spacial score (nSPS) is 17.1. The molecule has 3 rings (SSSR count). The Morgan fingerprint density at radius 1 is 1.35 bits per heavy atom. The molecule has 0 saturated heterocycles. The van der Waals surface area contributed by atoms with Crippen LogP contribution >= 0.6 is 27.3 Å². The van der Waals surface area contributed by atoms with Gasteiger partial charge in [0.15, 0.2) is 0 Å². The second-order valence-corrected chi connectivity index (χ2v) is 6.02. The van der Waals surface area contributed by atoms with Crippen LogP contribution in [0.15, 0.2) is 34.2 Å². The molecule has 2 aromatic rings. The lowest BCUT2D eigenvalue weighted by Crippen LogP contribution is -2.02. The monoisotopic (exact) mass is 309 g/mol. The molecule has 1 heterocycles. The molecule has 17 heavy (non-hydrogen) atoms. The smallest absolute Gasteiger partial charge is 0.131 e. The standard InChI is InChI=1S/C13H12BrNOS/c14-11-7-17-13(15-11)12(16)10-4-2-1-3-9(10)8-5-6-8/h1-4,7-8,12,16H,5-6H2.